The summed E-state index contributed by atoms with van der Waals surface area (Å²) >= 11 is 5.74. The van der Waals surface area contributed by atoms with E-state index < -0.39 is 0 Å². The lowest BCUT2D eigenvalue weighted by molar-refractivity contribution is 0.0947. The number of benzene rings is 1. The van der Waals surface area contributed by atoms with E-state index in [0.717, 1.165) is 0 Å². The van der Waals surface area contributed by atoms with Gasteiger partial charge in [0.25, 0.3) is 5.91 Å². The number of carbonyl (C=O) groups excluding carboxylic acids is 1. The summed E-state index contributed by atoms with van der Waals surface area (Å²) in [5.74, 6) is 0.116. The molecule has 0 heterocycles. The molecule has 0 aromatic heterocycles. The molecule has 0 unspecified atom stereocenters. The summed E-state index contributed by atoms with van der Waals surface area (Å²) in [6, 6.07) is 4.51. The lowest BCUT2D eigenvalue weighted by Crippen LogP contribution is -2.27. The molecule has 0 spiro atoms. The van der Waals surface area contributed by atoms with Crippen LogP contribution in [0.25, 0.3) is 0 Å². The smallest absolute Gasteiger partial charge is 0.255 e. The zero-order valence-corrected chi connectivity index (χ0v) is 12.5. The molecule has 104 valence electrons. The number of aromatic hydroxyl groups is 1. The van der Waals surface area contributed by atoms with Crippen LogP contribution in [0.2, 0.25) is 5.02 Å². The molecule has 1 aliphatic rings. The normalized spacial score (nSPS) is 20.1. The fourth-order valence-electron chi connectivity index (χ4n) is 2.83. The number of phenols is 1. The molecule has 1 amide bonds. The molecule has 1 aromatic rings. The Morgan fingerprint density at radius 2 is 1.89 bits per heavy atom. The van der Waals surface area contributed by atoms with E-state index in [-0.39, 0.29) is 28.1 Å². The maximum absolute atomic E-state index is 12.0. The van der Waals surface area contributed by atoms with Gasteiger partial charge in [0.1, 0.15) is 5.75 Å². The fraction of sp³-hybridized carbons (Fsp3) is 0.533. The van der Waals surface area contributed by atoms with Crippen molar-refractivity contribution in [3.8, 4) is 5.75 Å². The second-order valence-electron chi connectivity index (χ2n) is 6.37. The first kappa shape index (κ1) is 14.2. The maximum atomic E-state index is 12.0. The van der Waals surface area contributed by atoms with Crippen molar-refractivity contribution in [3.63, 3.8) is 0 Å². The Morgan fingerprint density at radius 1 is 1.32 bits per heavy atom. The highest BCUT2D eigenvalue weighted by Crippen LogP contribution is 2.67. The van der Waals surface area contributed by atoms with Crippen LogP contribution in [0, 0.1) is 16.7 Å². The number of hydrogen-bond donors (Lipinski definition) is 2. The van der Waals surface area contributed by atoms with Crippen molar-refractivity contribution in [1.29, 1.82) is 0 Å². The van der Waals surface area contributed by atoms with Crippen LogP contribution in [-0.2, 0) is 0 Å². The third kappa shape index (κ3) is 2.32. The first-order valence-electron chi connectivity index (χ1n) is 6.44. The second-order valence-corrected chi connectivity index (χ2v) is 6.80. The van der Waals surface area contributed by atoms with Gasteiger partial charge in [0.2, 0.25) is 0 Å². The maximum Gasteiger partial charge on any atom is 0.255 e. The van der Waals surface area contributed by atoms with Crippen LogP contribution < -0.4 is 5.32 Å². The van der Waals surface area contributed by atoms with Crippen molar-refractivity contribution in [3.05, 3.63) is 28.8 Å². The quantitative estimate of drug-likeness (QED) is 0.891. The van der Waals surface area contributed by atoms with Crippen molar-refractivity contribution in [2.75, 3.05) is 6.54 Å². The summed E-state index contributed by atoms with van der Waals surface area (Å²) in [4.78, 5) is 12.0. The van der Waals surface area contributed by atoms with Crippen molar-refractivity contribution in [2.24, 2.45) is 16.7 Å². The Hall–Kier alpha value is -1.22. The van der Waals surface area contributed by atoms with Gasteiger partial charge in [0.15, 0.2) is 0 Å². The van der Waals surface area contributed by atoms with Gasteiger partial charge in [0.05, 0.1) is 5.56 Å². The van der Waals surface area contributed by atoms with Gasteiger partial charge in [-0.05, 0) is 34.9 Å². The Morgan fingerprint density at radius 3 is 2.37 bits per heavy atom. The largest absolute Gasteiger partial charge is 0.507 e. The van der Waals surface area contributed by atoms with Crippen molar-refractivity contribution in [1.82, 2.24) is 5.32 Å². The molecule has 1 aliphatic carbocycles. The van der Waals surface area contributed by atoms with Gasteiger partial charge in [-0.25, -0.2) is 0 Å². The third-order valence-electron chi connectivity index (χ3n) is 4.99. The molecular formula is C15H20ClNO2. The van der Waals surface area contributed by atoms with Gasteiger partial charge in [-0.2, -0.15) is 0 Å². The summed E-state index contributed by atoms with van der Waals surface area (Å²) in [6.07, 6.45) is 0. The molecule has 2 N–H and O–H groups in total. The topological polar surface area (TPSA) is 49.3 Å². The highest BCUT2D eigenvalue weighted by atomic mass is 35.5. The Balaban J connectivity index is 2.00. The van der Waals surface area contributed by atoms with E-state index in [9.17, 15) is 9.90 Å². The zero-order valence-electron chi connectivity index (χ0n) is 11.7. The molecular weight excluding hydrogens is 262 g/mol. The highest BCUT2D eigenvalue weighted by molar-refractivity contribution is 6.30. The Kier molecular flexibility index (Phi) is 3.29. The molecule has 2 rings (SSSR count). The van der Waals surface area contributed by atoms with Gasteiger partial charge in [0, 0.05) is 11.6 Å². The van der Waals surface area contributed by atoms with Crippen LogP contribution in [0.5, 0.6) is 5.75 Å². The SMILES string of the molecule is CC1(C)C(CNC(=O)c2ccc(Cl)cc2O)C1(C)C. The molecule has 19 heavy (non-hydrogen) atoms. The lowest BCUT2D eigenvalue weighted by atomic mass is 10.0. The molecule has 1 saturated carbocycles. The molecule has 0 saturated heterocycles. The molecule has 0 radical (unpaired) electrons. The van der Waals surface area contributed by atoms with E-state index in [2.05, 4.69) is 33.0 Å². The predicted molar refractivity (Wildman–Crippen MR) is 76.5 cm³/mol. The number of carbonyl (C=O) groups is 1. The minimum atomic E-state index is -0.257. The van der Waals surface area contributed by atoms with E-state index in [4.69, 9.17) is 11.6 Å². The Labute approximate surface area is 119 Å². The predicted octanol–water partition coefficient (Wildman–Crippen LogP) is 3.46. The number of hydrogen-bond acceptors (Lipinski definition) is 2. The third-order valence-corrected chi connectivity index (χ3v) is 5.23. The van der Waals surface area contributed by atoms with Gasteiger partial charge in [-0.15, -0.1) is 0 Å². The summed E-state index contributed by atoms with van der Waals surface area (Å²) < 4.78 is 0. The lowest BCUT2D eigenvalue weighted by Gasteiger charge is -2.08. The first-order chi connectivity index (χ1) is 8.68. The zero-order chi connectivity index (χ0) is 14.4. The van der Waals surface area contributed by atoms with E-state index in [1.807, 2.05) is 0 Å². The van der Waals surface area contributed by atoms with Crippen LogP contribution in [-0.4, -0.2) is 17.6 Å². The van der Waals surface area contributed by atoms with Gasteiger partial charge < -0.3 is 10.4 Å². The van der Waals surface area contributed by atoms with Crippen molar-refractivity contribution in [2.45, 2.75) is 27.7 Å². The van der Waals surface area contributed by atoms with Crippen molar-refractivity contribution >= 4 is 17.5 Å². The second kappa shape index (κ2) is 4.41. The van der Waals surface area contributed by atoms with E-state index >= 15 is 0 Å². The van der Waals surface area contributed by atoms with Gasteiger partial charge >= 0.3 is 0 Å². The van der Waals surface area contributed by atoms with E-state index in [0.29, 0.717) is 17.5 Å². The molecule has 4 heteroatoms. The van der Waals surface area contributed by atoms with E-state index in [1.54, 1.807) is 6.07 Å². The number of amides is 1. The summed E-state index contributed by atoms with van der Waals surface area (Å²) in [5, 5.41) is 13.0. The summed E-state index contributed by atoms with van der Waals surface area (Å²) in [6.45, 7) is 9.47. The summed E-state index contributed by atoms with van der Waals surface area (Å²) in [5.41, 5.74) is 0.741. The van der Waals surface area contributed by atoms with Crippen LogP contribution >= 0.6 is 11.6 Å². The standard InChI is InChI=1S/C15H20ClNO2/c1-14(2)12(15(14,3)4)8-17-13(19)10-6-5-9(16)7-11(10)18/h5-7,12,18H,8H2,1-4H3,(H,17,19). The van der Waals surface area contributed by atoms with Gasteiger partial charge in [-0.3, -0.25) is 4.79 Å². The Bertz CT molecular complexity index is 509. The van der Waals surface area contributed by atoms with Crippen molar-refractivity contribution < 1.29 is 9.90 Å². The average Bonchev–Trinajstić information content (AvgIpc) is 2.66. The fourth-order valence-corrected chi connectivity index (χ4v) is 3.00. The monoisotopic (exact) mass is 281 g/mol. The van der Waals surface area contributed by atoms with Crippen LogP contribution in [0.3, 0.4) is 0 Å². The van der Waals surface area contributed by atoms with Crippen LogP contribution in [0.4, 0.5) is 0 Å². The minimum Gasteiger partial charge on any atom is -0.507 e. The van der Waals surface area contributed by atoms with E-state index in [1.165, 1.54) is 12.1 Å². The van der Waals surface area contributed by atoms with Gasteiger partial charge in [-0.1, -0.05) is 39.3 Å². The molecule has 3 nitrogen and oxygen atoms in total. The number of rotatable bonds is 3. The number of phenolic OH excluding ortho intramolecular Hbond substituents is 1. The highest BCUT2D eigenvalue weighted by Gasteiger charge is 2.64. The molecule has 0 bridgehead atoms. The average molecular weight is 282 g/mol. The minimum absolute atomic E-state index is 0.0840. The molecule has 0 atom stereocenters. The summed E-state index contributed by atoms with van der Waals surface area (Å²) in [7, 11) is 0. The number of nitrogens with one attached hydrogen (secondary N) is 1. The number of halogens is 1. The molecule has 0 aliphatic heterocycles. The first-order valence-corrected chi connectivity index (χ1v) is 6.82. The molecule has 1 aromatic carbocycles. The molecule has 1 fully saturated rings. The van der Waals surface area contributed by atoms with Crippen LogP contribution in [0.1, 0.15) is 38.1 Å². The van der Waals surface area contributed by atoms with Crippen LogP contribution in [0.15, 0.2) is 18.2 Å².